The first-order valence-electron chi connectivity index (χ1n) is 6.27. The lowest BCUT2D eigenvalue weighted by Gasteiger charge is -2.01. The molecule has 3 rings (SSSR count). The van der Waals surface area contributed by atoms with Crippen molar-refractivity contribution in [1.82, 2.24) is 0 Å². The van der Waals surface area contributed by atoms with E-state index in [0.29, 0.717) is 11.6 Å². The molecule has 22 heavy (non-hydrogen) atoms. The van der Waals surface area contributed by atoms with Crippen molar-refractivity contribution >= 4 is 79.1 Å². The molecule has 2 aromatic carbocycles. The van der Waals surface area contributed by atoms with Crippen LogP contribution in [-0.2, 0) is 9.53 Å². The van der Waals surface area contributed by atoms with Crippen molar-refractivity contribution in [2.75, 3.05) is 0 Å². The fourth-order valence-corrected chi connectivity index (χ4v) is 3.16. The molecule has 2 aromatic rings. The van der Waals surface area contributed by atoms with Gasteiger partial charge in [0.15, 0.2) is 5.70 Å². The lowest BCUT2D eigenvalue weighted by Crippen LogP contribution is -2.05. The number of rotatable bonds is 2. The molecule has 0 fully saturated rings. The van der Waals surface area contributed by atoms with E-state index in [1.807, 2.05) is 42.5 Å². The molecule has 0 unspecified atom stereocenters. The topological polar surface area (TPSA) is 38.7 Å². The molecule has 0 N–H and O–H groups in total. The average Bonchev–Trinajstić information content (AvgIpc) is 2.85. The number of carbonyl (C=O) groups excluding carboxylic acids is 1. The second-order valence-corrected chi connectivity index (χ2v) is 7.67. The highest BCUT2D eigenvalue weighted by molar-refractivity contribution is 14.1. The van der Waals surface area contributed by atoms with Crippen LogP contribution in [0.15, 0.2) is 57.6 Å². The molecule has 0 aromatic heterocycles. The minimum absolute atomic E-state index is 0.314. The number of halogens is 3. The van der Waals surface area contributed by atoms with Crippen molar-refractivity contribution in [3.63, 3.8) is 0 Å². The summed E-state index contributed by atoms with van der Waals surface area (Å²) in [6.45, 7) is 0. The molecule has 110 valence electrons. The monoisotopic (exact) mass is 579 g/mol. The quantitative estimate of drug-likeness (QED) is 0.285. The number of nitrogens with zero attached hydrogens (tertiary/aromatic N) is 1. The Kier molecular flexibility index (Phi) is 4.98. The Morgan fingerprint density at radius 3 is 2.59 bits per heavy atom. The van der Waals surface area contributed by atoms with Crippen LogP contribution in [0.2, 0.25) is 0 Å². The summed E-state index contributed by atoms with van der Waals surface area (Å²) >= 11 is 7.92. The predicted molar refractivity (Wildman–Crippen MR) is 107 cm³/mol. The van der Waals surface area contributed by atoms with E-state index in [-0.39, 0.29) is 0 Å². The van der Waals surface area contributed by atoms with E-state index in [2.05, 4.69) is 66.1 Å². The zero-order chi connectivity index (χ0) is 15.7. The lowest BCUT2D eigenvalue weighted by atomic mass is 10.2. The Balaban J connectivity index is 1.98. The van der Waals surface area contributed by atoms with Crippen molar-refractivity contribution in [2.24, 2.45) is 4.99 Å². The Bertz CT molecular complexity index is 831. The first-order chi connectivity index (χ1) is 10.5. The number of esters is 1. The molecule has 0 saturated carbocycles. The van der Waals surface area contributed by atoms with Gasteiger partial charge in [-0.05, 0) is 97.0 Å². The Hall–Kier alpha value is -0.740. The summed E-state index contributed by atoms with van der Waals surface area (Å²) in [6, 6.07) is 13.5. The van der Waals surface area contributed by atoms with E-state index < -0.39 is 5.97 Å². The molecule has 3 nitrogen and oxygen atoms in total. The fraction of sp³-hybridized carbons (Fsp3) is 0. The number of ether oxygens (including phenoxy) is 1. The molecule has 0 saturated heterocycles. The van der Waals surface area contributed by atoms with E-state index in [4.69, 9.17) is 4.74 Å². The first kappa shape index (κ1) is 16.1. The minimum atomic E-state index is -0.427. The number of hydrogen-bond donors (Lipinski definition) is 0. The van der Waals surface area contributed by atoms with Crippen LogP contribution in [0.4, 0.5) is 0 Å². The molecule has 6 heteroatoms. The van der Waals surface area contributed by atoms with Crippen molar-refractivity contribution in [2.45, 2.75) is 0 Å². The van der Waals surface area contributed by atoms with Gasteiger partial charge in [-0.3, -0.25) is 0 Å². The number of carbonyl (C=O) groups is 1. The standard InChI is InChI=1S/C16H8BrI2NO2/c17-11-7-10(5-6-13(11)19)15-20-14(16(21)22-15)8-9-3-1-2-4-12(9)18/h1-8H/b14-8-. The van der Waals surface area contributed by atoms with Gasteiger partial charge < -0.3 is 4.74 Å². The number of cyclic esters (lactones) is 1. The molecule has 0 radical (unpaired) electrons. The van der Waals surface area contributed by atoms with Gasteiger partial charge in [0.25, 0.3) is 0 Å². The van der Waals surface area contributed by atoms with Crippen LogP contribution in [-0.4, -0.2) is 11.9 Å². The lowest BCUT2D eigenvalue weighted by molar-refractivity contribution is -0.129. The Morgan fingerprint density at radius 2 is 1.86 bits per heavy atom. The maximum Gasteiger partial charge on any atom is 0.363 e. The van der Waals surface area contributed by atoms with Gasteiger partial charge in [-0.2, -0.15) is 0 Å². The van der Waals surface area contributed by atoms with Crippen molar-refractivity contribution in [1.29, 1.82) is 0 Å². The van der Waals surface area contributed by atoms with Gasteiger partial charge >= 0.3 is 5.97 Å². The second kappa shape index (κ2) is 6.79. The minimum Gasteiger partial charge on any atom is -0.402 e. The largest absolute Gasteiger partial charge is 0.402 e. The van der Waals surface area contributed by atoms with Gasteiger partial charge in [0.05, 0.1) is 0 Å². The molecule has 0 aliphatic carbocycles. The third-order valence-electron chi connectivity index (χ3n) is 2.98. The normalized spacial score (nSPS) is 15.9. The van der Waals surface area contributed by atoms with Gasteiger partial charge in [-0.15, -0.1) is 0 Å². The van der Waals surface area contributed by atoms with Crippen molar-refractivity contribution < 1.29 is 9.53 Å². The van der Waals surface area contributed by atoms with Crippen LogP contribution in [0, 0.1) is 7.14 Å². The summed E-state index contributed by atoms with van der Waals surface area (Å²) in [4.78, 5) is 16.3. The SMILES string of the molecule is O=C1OC(c2ccc(I)c(Br)c2)=N/C1=C\c1ccccc1I. The molecule has 1 aliphatic rings. The summed E-state index contributed by atoms with van der Waals surface area (Å²) < 4.78 is 8.37. The smallest absolute Gasteiger partial charge is 0.363 e. The second-order valence-electron chi connectivity index (χ2n) is 4.49. The zero-order valence-electron chi connectivity index (χ0n) is 11.0. The van der Waals surface area contributed by atoms with Gasteiger partial charge in [0.1, 0.15) is 0 Å². The van der Waals surface area contributed by atoms with Crippen LogP contribution in [0.1, 0.15) is 11.1 Å². The molecule has 0 atom stereocenters. The summed E-state index contributed by atoms with van der Waals surface area (Å²) in [5, 5.41) is 0. The molecule has 1 heterocycles. The first-order valence-corrected chi connectivity index (χ1v) is 9.22. The molecular weight excluding hydrogens is 572 g/mol. The molecule has 0 amide bonds. The van der Waals surface area contributed by atoms with Crippen molar-refractivity contribution in [3.8, 4) is 0 Å². The number of benzene rings is 2. The molecular formula is C16H8BrI2NO2. The van der Waals surface area contributed by atoms with E-state index in [1.54, 1.807) is 6.08 Å². The molecule has 0 bridgehead atoms. The molecule has 1 aliphatic heterocycles. The maximum atomic E-state index is 12.0. The van der Waals surface area contributed by atoms with E-state index in [9.17, 15) is 4.79 Å². The summed E-state index contributed by atoms with van der Waals surface area (Å²) in [7, 11) is 0. The summed E-state index contributed by atoms with van der Waals surface area (Å²) in [5.74, 6) is -0.0939. The predicted octanol–water partition coefficient (Wildman–Crippen LogP) is 5.00. The highest BCUT2D eigenvalue weighted by Gasteiger charge is 2.24. The van der Waals surface area contributed by atoms with Gasteiger partial charge in [0.2, 0.25) is 5.90 Å². The van der Waals surface area contributed by atoms with E-state index in [1.165, 1.54) is 0 Å². The summed E-state index contributed by atoms with van der Waals surface area (Å²) in [6.07, 6.45) is 1.75. The Morgan fingerprint density at radius 1 is 1.09 bits per heavy atom. The highest BCUT2D eigenvalue weighted by Crippen LogP contribution is 2.25. The highest BCUT2D eigenvalue weighted by atomic mass is 127. The van der Waals surface area contributed by atoms with Gasteiger partial charge in [0, 0.05) is 17.2 Å². The van der Waals surface area contributed by atoms with Crippen LogP contribution >= 0.6 is 61.1 Å². The third-order valence-corrected chi connectivity index (χ3v) is 6.30. The van der Waals surface area contributed by atoms with E-state index in [0.717, 1.165) is 22.7 Å². The Labute approximate surface area is 163 Å². The summed E-state index contributed by atoms with van der Waals surface area (Å²) in [5.41, 5.74) is 2.03. The van der Waals surface area contributed by atoms with Crippen molar-refractivity contribution in [3.05, 3.63) is 70.9 Å². The van der Waals surface area contributed by atoms with E-state index >= 15 is 0 Å². The van der Waals surface area contributed by atoms with Crippen LogP contribution in [0.5, 0.6) is 0 Å². The van der Waals surface area contributed by atoms with Crippen LogP contribution in [0.25, 0.3) is 6.08 Å². The number of hydrogen-bond acceptors (Lipinski definition) is 3. The third kappa shape index (κ3) is 3.43. The molecule has 0 spiro atoms. The zero-order valence-corrected chi connectivity index (χ0v) is 16.9. The van der Waals surface area contributed by atoms with Gasteiger partial charge in [-0.1, -0.05) is 18.2 Å². The average molecular weight is 580 g/mol. The van der Waals surface area contributed by atoms with Gasteiger partial charge in [-0.25, -0.2) is 9.79 Å². The fourth-order valence-electron chi connectivity index (χ4n) is 1.90. The van der Waals surface area contributed by atoms with Crippen LogP contribution in [0.3, 0.4) is 0 Å². The van der Waals surface area contributed by atoms with Crippen LogP contribution < -0.4 is 0 Å². The number of aliphatic imine (C=N–C) groups is 1. The maximum absolute atomic E-state index is 12.0.